The maximum absolute atomic E-state index is 2.24. The summed E-state index contributed by atoms with van der Waals surface area (Å²) < 4.78 is 12.0. The van der Waals surface area contributed by atoms with Crippen molar-refractivity contribution < 1.29 is 0 Å². The monoisotopic (exact) mass is 776 g/mol. The summed E-state index contributed by atoms with van der Waals surface area (Å²) in [6.45, 7) is 0. The van der Waals surface area contributed by atoms with E-state index in [1.807, 2.05) is 11.8 Å². The van der Waals surface area contributed by atoms with Gasteiger partial charge in [-0.25, -0.2) is 0 Å². The number of rotatable bonds is 0. The molecular weight excluding hydrogens is 759 g/mol. The van der Waals surface area contributed by atoms with Crippen LogP contribution in [0.3, 0.4) is 0 Å². The zero-order chi connectivity index (χ0) is 11.9. The molecule has 4 heterocycles. The van der Waals surface area contributed by atoms with Gasteiger partial charge in [0.05, 0.1) is 0 Å². The van der Waals surface area contributed by atoms with Crippen molar-refractivity contribution in [2.24, 2.45) is 0 Å². The Hall–Kier alpha value is 3.78. The summed E-state index contributed by atoms with van der Waals surface area (Å²) in [5.41, 5.74) is 0. The van der Waals surface area contributed by atoms with Crippen molar-refractivity contribution in [2.45, 2.75) is 0 Å². The molecule has 4 rings (SSSR count). The van der Waals surface area contributed by atoms with Crippen molar-refractivity contribution in [3.63, 3.8) is 0 Å². The molecule has 18 heavy (non-hydrogen) atoms. The fourth-order valence-electron chi connectivity index (χ4n) is 1.60. The molecule has 0 saturated heterocycles. The summed E-state index contributed by atoms with van der Waals surface area (Å²) in [6, 6.07) is 0. The molecule has 0 aromatic rings. The Kier molecular flexibility index (Phi) is 6.06. The average Bonchev–Trinajstić information content (AvgIpc) is 3.02. The van der Waals surface area contributed by atoms with E-state index in [9.17, 15) is 0 Å². The van der Waals surface area contributed by atoms with Gasteiger partial charge in [-0.2, -0.15) is 0 Å². The molecular formula is C10H8S4Te4. The predicted molar refractivity (Wildman–Crippen MR) is 93.9 cm³/mol. The molecule has 0 radical (unpaired) electrons. The van der Waals surface area contributed by atoms with E-state index in [0.29, 0.717) is 0 Å². The van der Waals surface area contributed by atoms with Crippen LogP contribution in [0.2, 0.25) is 0 Å². The molecule has 0 N–H and O–H groups in total. The Labute approximate surface area is 165 Å². The van der Waals surface area contributed by atoms with Crippen LogP contribution in [-0.2, 0) is 0 Å². The van der Waals surface area contributed by atoms with Gasteiger partial charge in [0, 0.05) is 0 Å². The topological polar surface area (TPSA) is 0 Å². The van der Waals surface area contributed by atoms with Gasteiger partial charge in [-0.15, -0.1) is 0 Å². The molecule has 0 saturated carbocycles. The van der Waals surface area contributed by atoms with E-state index in [4.69, 9.17) is 0 Å². The zero-order valence-electron chi connectivity index (χ0n) is 9.09. The van der Waals surface area contributed by atoms with Gasteiger partial charge < -0.3 is 0 Å². The summed E-state index contributed by atoms with van der Waals surface area (Å²) >= 11 is 9.60. The van der Waals surface area contributed by atoms with E-state index in [-0.39, 0.29) is 83.7 Å². The molecule has 0 spiro atoms. The quantitative estimate of drug-likeness (QED) is 0.347. The first-order chi connectivity index (χ1) is 8.90. The fourth-order valence-corrected chi connectivity index (χ4v) is 41.4. The van der Waals surface area contributed by atoms with E-state index in [1.165, 1.54) is 23.0 Å². The van der Waals surface area contributed by atoms with Crippen LogP contribution < -0.4 is 0 Å². The first-order valence-corrected chi connectivity index (χ1v) is 18.6. The van der Waals surface area contributed by atoms with E-state index >= 15 is 0 Å². The van der Waals surface area contributed by atoms with Crippen molar-refractivity contribution in [2.75, 3.05) is 23.0 Å². The van der Waals surface area contributed by atoms with Crippen LogP contribution in [0.15, 0.2) is 15.2 Å². The van der Waals surface area contributed by atoms with Gasteiger partial charge in [-0.1, -0.05) is 0 Å². The normalized spacial score (nSPS) is 28.0. The van der Waals surface area contributed by atoms with Gasteiger partial charge in [0.2, 0.25) is 0 Å². The van der Waals surface area contributed by atoms with Crippen LogP contribution in [0.1, 0.15) is 0 Å². The summed E-state index contributed by atoms with van der Waals surface area (Å²) in [7, 11) is 0. The molecule has 96 valence electrons. The van der Waals surface area contributed by atoms with Crippen molar-refractivity contribution >= 4 is 131 Å². The molecule has 4 aliphatic rings. The van der Waals surface area contributed by atoms with Crippen LogP contribution in [0.5, 0.6) is 0 Å². The fraction of sp³-hybridized carbons (Fsp3) is 0.400. The molecule has 0 aromatic carbocycles. The first-order valence-electron chi connectivity index (χ1n) is 5.35. The van der Waals surface area contributed by atoms with E-state index < -0.39 is 0 Å². The van der Waals surface area contributed by atoms with E-state index in [1.54, 1.807) is 0 Å². The minimum atomic E-state index is 0.159. The first kappa shape index (κ1) is 15.3. The van der Waals surface area contributed by atoms with Gasteiger partial charge >= 0.3 is 169 Å². The summed E-state index contributed by atoms with van der Waals surface area (Å²) in [6.07, 6.45) is 0. The molecule has 4 aliphatic heterocycles. The van der Waals surface area contributed by atoms with Gasteiger partial charge in [0.15, 0.2) is 0 Å². The zero-order valence-corrected chi connectivity index (χ0v) is 21.7. The number of hydrogen-bond acceptors (Lipinski definition) is 4. The minimum absolute atomic E-state index is 0.159. The Morgan fingerprint density at radius 3 is 1.06 bits per heavy atom. The van der Waals surface area contributed by atoms with Gasteiger partial charge in [-0.3, -0.25) is 0 Å². The molecule has 0 aliphatic carbocycles. The van der Waals surface area contributed by atoms with Crippen molar-refractivity contribution in [1.82, 2.24) is 0 Å². The Morgan fingerprint density at radius 1 is 0.500 bits per heavy atom. The Bertz CT molecular complexity index is 412. The maximum atomic E-state index is 2.24. The van der Waals surface area contributed by atoms with E-state index in [2.05, 4.69) is 50.4 Å². The summed E-state index contributed by atoms with van der Waals surface area (Å²) in [4.78, 5) is 0. The van der Waals surface area contributed by atoms with Gasteiger partial charge in [-0.05, 0) is 0 Å². The standard InChI is InChI=1S/C10H8S4Te4/c1-2-12-6-5(11-1)15-9(16-6)10-17-7-8(18-10)14-4-3-13-7/h1-4H2. The molecule has 0 nitrogen and oxygen atoms in total. The molecule has 0 fully saturated rings. The summed E-state index contributed by atoms with van der Waals surface area (Å²) in [5, 5.41) is 0. The van der Waals surface area contributed by atoms with Crippen LogP contribution in [0.25, 0.3) is 0 Å². The van der Waals surface area contributed by atoms with Crippen LogP contribution in [0.4, 0.5) is 0 Å². The third-order valence-corrected chi connectivity index (χ3v) is 37.3. The predicted octanol–water partition coefficient (Wildman–Crippen LogP) is 2.17. The Balaban J connectivity index is 1.54. The van der Waals surface area contributed by atoms with E-state index in [0.717, 1.165) is 0 Å². The molecule has 0 bridgehead atoms. The molecule has 0 amide bonds. The van der Waals surface area contributed by atoms with Crippen LogP contribution >= 0.6 is 47.0 Å². The third-order valence-electron chi connectivity index (χ3n) is 2.34. The number of thioether (sulfide) groups is 4. The second-order valence-electron chi connectivity index (χ2n) is 3.53. The van der Waals surface area contributed by atoms with Crippen LogP contribution in [0, 0.1) is 0 Å². The van der Waals surface area contributed by atoms with Gasteiger partial charge in [0.1, 0.15) is 0 Å². The number of hydrogen-bond donors (Lipinski definition) is 0. The molecule has 0 atom stereocenters. The second kappa shape index (κ2) is 7.12. The third kappa shape index (κ3) is 3.33. The van der Waals surface area contributed by atoms with Crippen molar-refractivity contribution in [3.8, 4) is 0 Å². The summed E-state index contributed by atoms with van der Waals surface area (Å²) in [5.74, 6) is 5.60. The second-order valence-corrected chi connectivity index (χ2v) is 27.8. The molecule has 0 aromatic heterocycles. The van der Waals surface area contributed by atoms with Crippen LogP contribution in [-0.4, -0.2) is 107 Å². The molecule has 0 unspecified atom stereocenters. The SMILES string of the molecule is C1CSC2=C(S1)[Te]C(=C1[Te]C3=C(SCCS3)[Te]1)[Te]2. The van der Waals surface area contributed by atoms with Gasteiger partial charge in [0.25, 0.3) is 0 Å². The van der Waals surface area contributed by atoms with Crippen molar-refractivity contribution in [3.05, 3.63) is 15.2 Å². The average molecular weight is 767 g/mol. The van der Waals surface area contributed by atoms with Crippen molar-refractivity contribution in [1.29, 1.82) is 0 Å². The Morgan fingerprint density at radius 2 is 0.778 bits per heavy atom. The molecule has 8 heteroatoms.